The summed E-state index contributed by atoms with van der Waals surface area (Å²) in [6.45, 7) is 5.97. The number of nitro groups is 1. The Morgan fingerprint density at radius 3 is 2.44 bits per heavy atom. The molecule has 252 valence electrons. The molecule has 2 aliphatic heterocycles. The molecule has 0 bridgehead atoms. The van der Waals surface area contributed by atoms with E-state index in [2.05, 4.69) is 34.1 Å². The van der Waals surface area contributed by atoms with Gasteiger partial charge in [0.05, 0.1) is 29.0 Å². The molecule has 12 nitrogen and oxygen atoms in total. The maximum absolute atomic E-state index is 14.1. The van der Waals surface area contributed by atoms with Crippen LogP contribution in [0.25, 0.3) is 10.8 Å². The lowest BCUT2D eigenvalue weighted by Gasteiger charge is -2.54. The standard InChI is InChI=1S/C31H32N6O4.C2HF3O2/c1-21(2)29-31(39)34(18-23-9-5-8-22-7-3-4-10-25(22)23)19-28-35(15-6-14-33-16-13-32-20-33)27-12-11-24(37(40)41)17-26(27)30(38)36(28)29;3-2(4,5)1(6)7/h3-5,7-13,16-17,20-21,28-29H,6,14-15,18-19H2,1-2H3;(H,6,7)/t28?,29-;/m0./s1. The summed E-state index contributed by atoms with van der Waals surface area (Å²) in [6, 6.07) is 18.0. The van der Waals surface area contributed by atoms with E-state index in [-0.39, 0.29) is 29.0 Å². The highest BCUT2D eigenvalue weighted by molar-refractivity contribution is 6.05. The Hall–Kier alpha value is -5.47. The molecular weight excluding hydrogens is 633 g/mol. The van der Waals surface area contributed by atoms with Crippen molar-refractivity contribution in [3.05, 3.63) is 101 Å². The van der Waals surface area contributed by atoms with Crippen LogP contribution in [0, 0.1) is 16.0 Å². The average molecular weight is 667 g/mol. The summed E-state index contributed by atoms with van der Waals surface area (Å²) in [7, 11) is 0. The predicted molar refractivity (Wildman–Crippen MR) is 169 cm³/mol. The zero-order valence-corrected chi connectivity index (χ0v) is 26.1. The number of aromatic nitrogens is 2. The number of hydrogen-bond donors (Lipinski definition) is 1. The summed E-state index contributed by atoms with van der Waals surface area (Å²) in [6.07, 6.45) is 0.682. The topological polar surface area (TPSA) is 142 Å². The molecule has 1 fully saturated rings. The normalized spacial score (nSPS) is 17.6. The number of fused-ring (bicyclic) bond motifs is 3. The van der Waals surface area contributed by atoms with Crippen LogP contribution in [0.3, 0.4) is 0 Å². The van der Waals surface area contributed by atoms with Crippen LogP contribution in [0.5, 0.6) is 0 Å². The minimum Gasteiger partial charge on any atom is -0.475 e. The SMILES string of the molecule is CC(C)[C@H]1C(=O)N(Cc2cccc3ccccc23)CC2N(CCCn3ccnc3)c3ccc([N+](=O)[O-])cc3C(=O)N21.O=C(O)C(F)(F)F. The highest BCUT2D eigenvalue weighted by atomic mass is 19.4. The average Bonchev–Trinajstić information content (AvgIpc) is 3.56. The van der Waals surface area contributed by atoms with E-state index in [1.807, 2.05) is 47.7 Å². The van der Waals surface area contributed by atoms with Crippen molar-refractivity contribution in [1.82, 2.24) is 19.4 Å². The van der Waals surface area contributed by atoms with E-state index in [4.69, 9.17) is 9.90 Å². The number of nitro benzene ring substituents is 1. The molecule has 2 aliphatic rings. The Morgan fingerprint density at radius 2 is 1.79 bits per heavy atom. The van der Waals surface area contributed by atoms with Crippen molar-refractivity contribution in [3.8, 4) is 0 Å². The van der Waals surface area contributed by atoms with Crippen LogP contribution in [0.2, 0.25) is 0 Å². The number of amides is 2. The molecular formula is C33H33F3N6O6. The number of aryl methyl sites for hydroxylation is 1. The number of imidazole rings is 1. The van der Waals surface area contributed by atoms with Crippen LogP contribution in [-0.2, 0) is 22.7 Å². The highest BCUT2D eigenvalue weighted by Gasteiger charge is 2.50. The third-order valence-corrected chi connectivity index (χ3v) is 8.38. The van der Waals surface area contributed by atoms with E-state index in [1.165, 1.54) is 12.1 Å². The van der Waals surface area contributed by atoms with Gasteiger partial charge in [-0.25, -0.2) is 9.78 Å². The lowest BCUT2D eigenvalue weighted by molar-refractivity contribution is -0.384. The first-order valence-electron chi connectivity index (χ1n) is 15.2. The third-order valence-electron chi connectivity index (χ3n) is 8.38. The second kappa shape index (κ2) is 13.7. The second-order valence-electron chi connectivity index (χ2n) is 11.8. The number of aliphatic carboxylic acids is 1. The highest BCUT2D eigenvalue weighted by Crippen LogP contribution is 2.39. The molecule has 0 saturated carbocycles. The van der Waals surface area contributed by atoms with Crippen LogP contribution in [-0.4, -0.2) is 78.6 Å². The number of carboxylic acids is 1. The molecule has 2 atom stereocenters. The zero-order chi connectivity index (χ0) is 34.7. The van der Waals surface area contributed by atoms with Gasteiger partial charge in [0.25, 0.3) is 11.6 Å². The van der Waals surface area contributed by atoms with Crippen LogP contribution in [0.4, 0.5) is 24.5 Å². The van der Waals surface area contributed by atoms with Crippen molar-refractivity contribution in [2.75, 3.05) is 18.0 Å². The number of alkyl halides is 3. The van der Waals surface area contributed by atoms with E-state index < -0.39 is 29.3 Å². The largest absolute Gasteiger partial charge is 0.490 e. The molecule has 15 heteroatoms. The Labute approximate surface area is 273 Å². The number of anilines is 1. The predicted octanol–water partition coefficient (Wildman–Crippen LogP) is 5.32. The summed E-state index contributed by atoms with van der Waals surface area (Å²) in [5.41, 5.74) is 1.83. The monoisotopic (exact) mass is 666 g/mol. The molecule has 2 amide bonds. The van der Waals surface area contributed by atoms with E-state index in [0.717, 1.165) is 29.3 Å². The molecule has 1 saturated heterocycles. The van der Waals surface area contributed by atoms with Gasteiger partial charge in [0.2, 0.25) is 5.91 Å². The summed E-state index contributed by atoms with van der Waals surface area (Å²) in [4.78, 5) is 57.9. The number of carbonyl (C=O) groups is 3. The first-order valence-corrected chi connectivity index (χ1v) is 15.2. The van der Waals surface area contributed by atoms with Gasteiger partial charge in [-0.3, -0.25) is 19.7 Å². The number of non-ortho nitro benzene ring substituents is 1. The lowest BCUT2D eigenvalue weighted by Crippen LogP contribution is -2.71. The number of halogens is 3. The van der Waals surface area contributed by atoms with Crippen molar-refractivity contribution >= 4 is 39.9 Å². The van der Waals surface area contributed by atoms with Gasteiger partial charge >= 0.3 is 12.1 Å². The van der Waals surface area contributed by atoms with Gasteiger partial charge in [0.15, 0.2) is 0 Å². The molecule has 0 radical (unpaired) electrons. The van der Waals surface area contributed by atoms with Crippen LogP contribution >= 0.6 is 0 Å². The van der Waals surface area contributed by atoms with Gasteiger partial charge in [-0.2, -0.15) is 13.2 Å². The van der Waals surface area contributed by atoms with E-state index in [0.29, 0.717) is 25.3 Å². The first kappa shape index (κ1) is 33.9. The molecule has 3 aromatic carbocycles. The van der Waals surface area contributed by atoms with Crippen molar-refractivity contribution in [3.63, 3.8) is 0 Å². The minimum atomic E-state index is -5.08. The third kappa shape index (κ3) is 6.94. The molecule has 1 aromatic heterocycles. The molecule has 1 unspecified atom stereocenters. The fourth-order valence-corrected chi connectivity index (χ4v) is 6.23. The zero-order valence-electron chi connectivity index (χ0n) is 26.1. The summed E-state index contributed by atoms with van der Waals surface area (Å²) in [5, 5.41) is 20.9. The van der Waals surface area contributed by atoms with Gasteiger partial charge in [-0.05, 0) is 34.7 Å². The number of hydrogen-bond acceptors (Lipinski definition) is 7. The molecule has 48 heavy (non-hydrogen) atoms. The second-order valence-corrected chi connectivity index (χ2v) is 11.8. The van der Waals surface area contributed by atoms with Gasteiger partial charge in [0, 0.05) is 44.2 Å². The number of piperazine rings is 1. The Balaban J connectivity index is 0.000000582. The molecule has 3 heterocycles. The maximum Gasteiger partial charge on any atom is 0.490 e. The van der Waals surface area contributed by atoms with Crippen molar-refractivity contribution in [1.29, 1.82) is 0 Å². The lowest BCUT2D eigenvalue weighted by atomic mass is 9.92. The number of nitrogens with zero attached hydrogens (tertiary/aromatic N) is 6. The van der Waals surface area contributed by atoms with Crippen molar-refractivity contribution in [2.45, 2.75) is 51.7 Å². The fraction of sp³-hybridized carbons (Fsp3) is 0.333. The Kier molecular flexibility index (Phi) is 9.68. The van der Waals surface area contributed by atoms with E-state index >= 15 is 0 Å². The van der Waals surface area contributed by atoms with Crippen molar-refractivity contribution < 1.29 is 37.6 Å². The van der Waals surface area contributed by atoms with Gasteiger partial charge in [-0.1, -0.05) is 56.3 Å². The van der Waals surface area contributed by atoms with Crippen LogP contribution < -0.4 is 4.90 Å². The van der Waals surface area contributed by atoms with E-state index in [1.54, 1.807) is 23.5 Å². The van der Waals surface area contributed by atoms with Crippen molar-refractivity contribution in [2.24, 2.45) is 5.92 Å². The van der Waals surface area contributed by atoms with Gasteiger partial charge in [-0.15, -0.1) is 0 Å². The Bertz CT molecular complexity index is 1820. The molecule has 1 N–H and O–H groups in total. The maximum atomic E-state index is 14.1. The smallest absolute Gasteiger partial charge is 0.475 e. The molecule has 0 aliphatic carbocycles. The van der Waals surface area contributed by atoms with E-state index in [9.17, 15) is 32.9 Å². The molecule has 4 aromatic rings. The van der Waals surface area contributed by atoms with Gasteiger partial charge < -0.3 is 24.4 Å². The van der Waals surface area contributed by atoms with Crippen LogP contribution in [0.15, 0.2) is 79.4 Å². The van der Waals surface area contributed by atoms with Crippen LogP contribution in [0.1, 0.15) is 36.2 Å². The number of carbonyl (C=O) groups excluding carboxylic acids is 2. The Morgan fingerprint density at radius 1 is 1.08 bits per heavy atom. The number of rotatable bonds is 8. The molecule has 6 rings (SSSR count). The summed E-state index contributed by atoms with van der Waals surface area (Å²) in [5.74, 6) is -3.36. The summed E-state index contributed by atoms with van der Waals surface area (Å²) >= 11 is 0. The fourth-order valence-electron chi connectivity index (χ4n) is 6.23. The first-order chi connectivity index (χ1) is 22.8. The number of benzene rings is 3. The van der Waals surface area contributed by atoms with Gasteiger partial charge in [0.1, 0.15) is 12.2 Å². The molecule has 0 spiro atoms. The summed E-state index contributed by atoms with van der Waals surface area (Å²) < 4.78 is 33.7. The number of carboxylic acid groups (broad SMARTS) is 1. The quantitative estimate of drug-likeness (QED) is 0.197. The minimum absolute atomic E-state index is 0.107.